The van der Waals surface area contributed by atoms with E-state index in [-0.39, 0.29) is 16.8 Å². The van der Waals surface area contributed by atoms with E-state index in [1.165, 1.54) is 6.07 Å². The molecule has 0 radical (unpaired) electrons. The Labute approximate surface area is 212 Å². The fraction of sp³-hybridized carbons (Fsp3) is 0.357. The molecule has 36 heavy (non-hydrogen) atoms. The molecular formula is C28H33N3O5. The van der Waals surface area contributed by atoms with E-state index in [9.17, 15) is 10.1 Å². The average Bonchev–Trinajstić information content (AvgIpc) is 2.90. The van der Waals surface area contributed by atoms with Gasteiger partial charge in [-0.2, -0.15) is 0 Å². The van der Waals surface area contributed by atoms with Gasteiger partial charge in [0.2, 0.25) is 0 Å². The lowest BCUT2D eigenvalue weighted by atomic mass is 10.0. The maximum absolute atomic E-state index is 11.7. The topological polar surface area (TPSA) is 77.3 Å². The molecule has 8 heteroatoms. The number of hydrogen-bond acceptors (Lipinski definition) is 7. The second-order valence-electron chi connectivity index (χ2n) is 8.70. The molecule has 1 aliphatic heterocycles. The summed E-state index contributed by atoms with van der Waals surface area (Å²) in [5, 5.41) is 11.7. The van der Waals surface area contributed by atoms with E-state index < -0.39 is 0 Å². The second kappa shape index (κ2) is 11.9. The number of rotatable bonds is 10. The zero-order valence-corrected chi connectivity index (χ0v) is 21.1. The third kappa shape index (κ3) is 5.61. The van der Waals surface area contributed by atoms with Gasteiger partial charge in [0, 0.05) is 55.0 Å². The normalized spacial score (nSPS) is 15.0. The lowest BCUT2D eigenvalue weighted by molar-refractivity contribution is -0.385. The highest BCUT2D eigenvalue weighted by Gasteiger charge is 2.34. The van der Waals surface area contributed by atoms with Crippen molar-refractivity contribution >= 4 is 5.69 Å². The number of ether oxygens (including phenoxy) is 3. The zero-order valence-electron chi connectivity index (χ0n) is 21.1. The first kappa shape index (κ1) is 25.5. The van der Waals surface area contributed by atoms with Crippen molar-refractivity contribution in [3.8, 4) is 17.2 Å². The molecule has 0 saturated carbocycles. The molecule has 0 spiro atoms. The van der Waals surface area contributed by atoms with Crippen LogP contribution >= 0.6 is 0 Å². The van der Waals surface area contributed by atoms with Crippen molar-refractivity contribution in [3.05, 3.63) is 93.5 Å². The Bertz CT molecular complexity index is 1130. The minimum atomic E-state index is -0.350. The Morgan fingerprint density at radius 1 is 0.861 bits per heavy atom. The number of nitrogens with zero attached hydrogens (tertiary/aromatic N) is 3. The van der Waals surface area contributed by atoms with Crippen molar-refractivity contribution in [2.24, 2.45) is 0 Å². The van der Waals surface area contributed by atoms with Crippen LogP contribution in [-0.2, 0) is 13.1 Å². The molecule has 1 heterocycles. The van der Waals surface area contributed by atoms with E-state index in [2.05, 4.69) is 21.9 Å². The van der Waals surface area contributed by atoms with Crippen molar-refractivity contribution < 1.29 is 19.1 Å². The van der Waals surface area contributed by atoms with Crippen LogP contribution in [0.15, 0.2) is 66.7 Å². The van der Waals surface area contributed by atoms with Crippen molar-refractivity contribution in [3.63, 3.8) is 0 Å². The predicted octanol–water partition coefficient (Wildman–Crippen LogP) is 5.42. The van der Waals surface area contributed by atoms with E-state index in [0.29, 0.717) is 25.4 Å². The van der Waals surface area contributed by atoms with Gasteiger partial charge in [0.25, 0.3) is 5.69 Å². The van der Waals surface area contributed by atoms with Crippen LogP contribution in [0.25, 0.3) is 0 Å². The summed E-state index contributed by atoms with van der Waals surface area (Å²) in [6.07, 6.45) is 0.717. The Morgan fingerprint density at radius 3 is 1.92 bits per heavy atom. The molecule has 1 aliphatic rings. The molecule has 8 nitrogen and oxygen atoms in total. The predicted molar refractivity (Wildman–Crippen MR) is 138 cm³/mol. The highest BCUT2D eigenvalue weighted by molar-refractivity contribution is 5.46. The maximum atomic E-state index is 11.7. The van der Waals surface area contributed by atoms with E-state index in [1.807, 2.05) is 43.3 Å². The van der Waals surface area contributed by atoms with Crippen LogP contribution in [0, 0.1) is 10.1 Å². The minimum Gasteiger partial charge on any atom is -0.496 e. The molecule has 0 N–H and O–H groups in total. The van der Waals surface area contributed by atoms with Crippen LogP contribution in [0.2, 0.25) is 0 Å². The van der Waals surface area contributed by atoms with Crippen LogP contribution in [0.1, 0.15) is 36.2 Å². The summed E-state index contributed by atoms with van der Waals surface area (Å²) >= 11 is 0. The summed E-state index contributed by atoms with van der Waals surface area (Å²) in [7, 11) is 3.35. The van der Waals surface area contributed by atoms with E-state index in [4.69, 9.17) is 14.2 Å². The molecule has 0 atom stereocenters. The lowest BCUT2D eigenvalue weighted by Gasteiger charge is -2.45. The van der Waals surface area contributed by atoms with Crippen molar-refractivity contribution in [1.29, 1.82) is 0 Å². The maximum Gasteiger partial charge on any atom is 0.270 e. The summed E-state index contributed by atoms with van der Waals surface area (Å²) < 4.78 is 17.2. The molecule has 1 fully saturated rings. The third-order valence-corrected chi connectivity index (χ3v) is 6.50. The molecule has 4 rings (SSSR count). The van der Waals surface area contributed by atoms with Crippen molar-refractivity contribution in [1.82, 2.24) is 9.80 Å². The van der Waals surface area contributed by atoms with Crippen LogP contribution in [0.5, 0.6) is 17.2 Å². The molecule has 0 aromatic heterocycles. The standard InChI is InChI=1S/C28H33N3O5/c1-4-36-27-15-14-23(31(32)33)18-24(27)28-29(19-21-10-5-7-12-25(21)34-2)16-9-17-30(28)20-22-11-6-8-13-26(22)35-3/h5-8,10-15,18,28H,4,9,16-17,19-20H2,1-3H3. The first-order chi connectivity index (χ1) is 17.5. The second-order valence-corrected chi connectivity index (χ2v) is 8.70. The van der Waals surface area contributed by atoms with Crippen molar-refractivity contribution in [2.45, 2.75) is 32.6 Å². The minimum absolute atomic E-state index is 0.0495. The van der Waals surface area contributed by atoms with E-state index >= 15 is 0 Å². The van der Waals surface area contributed by atoms with Crippen LogP contribution in [0.3, 0.4) is 0 Å². The van der Waals surface area contributed by atoms with Gasteiger partial charge in [-0.15, -0.1) is 0 Å². The highest BCUT2D eigenvalue weighted by atomic mass is 16.6. The monoisotopic (exact) mass is 491 g/mol. The highest BCUT2D eigenvalue weighted by Crippen LogP contribution is 2.40. The summed E-state index contributed by atoms with van der Waals surface area (Å²) in [5.41, 5.74) is 2.96. The van der Waals surface area contributed by atoms with E-state index in [0.717, 1.165) is 47.7 Å². The zero-order chi connectivity index (χ0) is 25.5. The molecule has 3 aromatic rings. The number of benzene rings is 3. The van der Waals surface area contributed by atoms with Gasteiger partial charge in [-0.3, -0.25) is 19.9 Å². The molecule has 0 unspecified atom stereocenters. The van der Waals surface area contributed by atoms with Crippen LogP contribution in [0.4, 0.5) is 5.69 Å². The summed E-state index contributed by atoms with van der Waals surface area (Å²) in [6.45, 7) is 5.32. The first-order valence-corrected chi connectivity index (χ1v) is 12.2. The fourth-order valence-electron chi connectivity index (χ4n) is 4.92. The number of non-ortho nitro benzene ring substituents is 1. The summed E-state index contributed by atoms with van der Waals surface area (Å²) in [4.78, 5) is 16.1. The Balaban J connectivity index is 1.80. The summed E-state index contributed by atoms with van der Waals surface area (Å²) in [5.74, 6) is 2.30. The fourth-order valence-corrected chi connectivity index (χ4v) is 4.92. The molecule has 0 aliphatic carbocycles. The third-order valence-electron chi connectivity index (χ3n) is 6.50. The van der Waals surface area contributed by atoms with E-state index in [1.54, 1.807) is 26.4 Å². The van der Waals surface area contributed by atoms with Crippen LogP contribution in [-0.4, -0.2) is 48.6 Å². The van der Waals surface area contributed by atoms with Crippen LogP contribution < -0.4 is 14.2 Å². The molecule has 190 valence electrons. The van der Waals surface area contributed by atoms with Gasteiger partial charge in [0.1, 0.15) is 17.2 Å². The molecular weight excluding hydrogens is 458 g/mol. The first-order valence-electron chi connectivity index (χ1n) is 12.2. The lowest BCUT2D eigenvalue weighted by Crippen LogP contribution is -2.47. The summed E-state index contributed by atoms with van der Waals surface area (Å²) in [6, 6.07) is 20.8. The van der Waals surface area contributed by atoms with Gasteiger partial charge >= 0.3 is 0 Å². The van der Waals surface area contributed by atoms with Gasteiger partial charge < -0.3 is 14.2 Å². The van der Waals surface area contributed by atoms with Gasteiger partial charge in [-0.05, 0) is 31.5 Å². The number of nitro groups is 1. The number of para-hydroxylation sites is 2. The van der Waals surface area contributed by atoms with Gasteiger partial charge in [0.05, 0.1) is 31.9 Å². The molecule has 0 amide bonds. The number of nitro benzene ring substituents is 1. The quantitative estimate of drug-likeness (QED) is 0.277. The number of hydrogen-bond donors (Lipinski definition) is 0. The smallest absolute Gasteiger partial charge is 0.270 e. The molecule has 1 saturated heterocycles. The SMILES string of the molecule is CCOc1ccc([N+](=O)[O-])cc1C1N(Cc2ccccc2OC)CCCN1Cc1ccccc1OC. The van der Waals surface area contributed by atoms with Crippen molar-refractivity contribution in [2.75, 3.05) is 33.9 Å². The van der Waals surface area contributed by atoms with Gasteiger partial charge in [0.15, 0.2) is 0 Å². The molecule has 0 bridgehead atoms. The largest absolute Gasteiger partial charge is 0.496 e. The Morgan fingerprint density at radius 2 is 1.42 bits per heavy atom. The molecule has 3 aromatic carbocycles. The van der Waals surface area contributed by atoms with Gasteiger partial charge in [-0.1, -0.05) is 36.4 Å². The number of methoxy groups -OCH3 is 2. The van der Waals surface area contributed by atoms with Gasteiger partial charge in [-0.25, -0.2) is 0 Å². The Hall–Kier alpha value is -3.62. The Kier molecular flexibility index (Phi) is 8.40. The average molecular weight is 492 g/mol.